The maximum atomic E-state index is 12.5. The standard InChI is InChI=1S/C23H22N6O3/c1-13-7-17(10-24-9-13)22(30)27-18-6-4-5-16(8-18)15(3)26-19-11-25-21-20(28-19)14(2)12-29(21)23(31)32/h4-12,15H,1-3H3,(H,26,28)(H,27,30)(H,31,32)/t15-/m0/s1. The van der Waals surface area contributed by atoms with E-state index >= 15 is 0 Å². The summed E-state index contributed by atoms with van der Waals surface area (Å²) in [6.45, 7) is 5.64. The third-order valence-electron chi connectivity index (χ3n) is 5.03. The summed E-state index contributed by atoms with van der Waals surface area (Å²) in [6, 6.07) is 9.16. The van der Waals surface area contributed by atoms with Crippen LogP contribution in [-0.2, 0) is 0 Å². The number of nitrogens with one attached hydrogen (secondary N) is 2. The average Bonchev–Trinajstić information content (AvgIpc) is 3.10. The van der Waals surface area contributed by atoms with Gasteiger partial charge in [0.1, 0.15) is 11.3 Å². The number of nitrogens with zero attached hydrogens (tertiary/aromatic N) is 4. The van der Waals surface area contributed by atoms with Gasteiger partial charge in [-0.2, -0.15) is 0 Å². The molecular weight excluding hydrogens is 408 g/mol. The lowest BCUT2D eigenvalue weighted by Crippen LogP contribution is -2.13. The summed E-state index contributed by atoms with van der Waals surface area (Å²) < 4.78 is 1.06. The van der Waals surface area contributed by atoms with E-state index in [9.17, 15) is 14.7 Å². The second-order valence-electron chi connectivity index (χ2n) is 7.59. The fourth-order valence-corrected chi connectivity index (χ4v) is 3.43. The highest BCUT2D eigenvalue weighted by molar-refractivity contribution is 6.04. The summed E-state index contributed by atoms with van der Waals surface area (Å²) in [5, 5.41) is 15.5. The van der Waals surface area contributed by atoms with Gasteiger partial charge in [0.25, 0.3) is 5.91 Å². The molecule has 1 amide bonds. The third-order valence-corrected chi connectivity index (χ3v) is 5.03. The Kier molecular flexibility index (Phi) is 5.55. The molecular formula is C23H22N6O3. The Morgan fingerprint density at radius 2 is 1.94 bits per heavy atom. The summed E-state index contributed by atoms with van der Waals surface area (Å²) >= 11 is 0. The van der Waals surface area contributed by atoms with Crippen LogP contribution < -0.4 is 10.6 Å². The van der Waals surface area contributed by atoms with Crippen molar-refractivity contribution in [3.63, 3.8) is 0 Å². The number of anilines is 2. The lowest BCUT2D eigenvalue weighted by atomic mass is 10.1. The molecule has 0 aliphatic rings. The Morgan fingerprint density at radius 1 is 1.12 bits per heavy atom. The highest BCUT2D eigenvalue weighted by Crippen LogP contribution is 2.24. The van der Waals surface area contributed by atoms with Crippen molar-refractivity contribution in [1.29, 1.82) is 0 Å². The van der Waals surface area contributed by atoms with Crippen molar-refractivity contribution in [3.8, 4) is 0 Å². The Labute approximate surface area is 184 Å². The molecule has 0 bridgehead atoms. The van der Waals surface area contributed by atoms with E-state index in [1.165, 1.54) is 18.6 Å². The van der Waals surface area contributed by atoms with Gasteiger partial charge in [-0.1, -0.05) is 12.1 Å². The number of aromatic nitrogens is 4. The summed E-state index contributed by atoms with van der Waals surface area (Å²) in [7, 11) is 0. The summed E-state index contributed by atoms with van der Waals surface area (Å²) in [5.74, 6) is 0.296. The van der Waals surface area contributed by atoms with Crippen molar-refractivity contribution in [1.82, 2.24) is 19.5 Å². The van der Waals surface area contributed by atoms with Crippen LogP contribution in [0.15, 0.2) is 55.1 Å². The smallest absolute Gasteiger partial charge is 0.417 e. The summed E-state index contributed by atoms with van der Waals surface area (Å²) in [4.78, 5) is 36.7. The summed E-state index contributed by atoms with van der Waals surface area (Å²) in [6.07, 6.45) is 5.13. The van der Waals surface area contributed by atoms with Crippen LogP contribution in [0.5, 0.6) is 0 Å². The van der Waals surface area contributed by atoms with E-state index in [1.807, 2.05) is 38.1 Å². The molecule has 162 valence electrons. The first kappa shape index (κ1) is 21.0. The van der Waals surface area contributed by atoms with Gasteiger partial charge >= 0.3 is 6.09 Å². The molecule has 4 rings (SSSR count). The van der Waals surface area contributed by atoms with Crippen molar-refractivity contribution in [2.75, 3.05) is 10.6 Å². The van der Waals surface area contributed by atoms with Gasteiger partial charge < -0.3 is 15.7 Å². The monoisotopic (exact) mass is 430 g/mol. The Balaban J connectivity index is 1.51. The first-order chi connectivity index (χ1) is 15.3. The van der Waals surface area contributed by atoms with Gasteiger partial charge in [0, 0.05) is 24.3 Å². The largest absolute Gasteiger partial charge is 0.464 e. The lowest BCUT2D eigenvalue weighted by Gasteiger charge is -2.16. The maximum Gasteiger partial charge on any atom is 0.417 e. The van der Waals surface area contributed by atoms with Crippen molar-refractivity contribution >= 4 is 34.7 Å². The first-order valence-electron chi connectivity index (χ1n) is 9.99. The number of benzene rings is 1. The maximum absolute atomic E-state index is 12.5. The van der Waals surface area contributed by atoms with Crippen LogP contribution in [-0.4, -0.2) is 36.6 Å². The topological polar surface area (TPSA) is 122 Å². The molecule has 0 saturated carbocycles. The number of amides is 1. The van der Waals surface area contributed by atoms with Crippen LogP contribution >= 0.6 is 0 Å². The van der Waals surface area contributed by atoms with Gasteiger partial charge in [0.05, 0.1) is 17.8 Å². The zero-order valence-electron chi connectivity index (χ0n) is 17.8. The number of hydrogen-bond donors (Lipinski definition) is 3. The molecule has 4 aromatic rings. The first-order valence-corrected chi connectivity index (χ1v) is 9.99. The average molecular weight is 430 g/mol. The van der Waals surface area contributed by atoms with Crippen molar-refractivity contribution in [2.45, 2.75) is 26.8 Å². The van der Waals surface area contributed by atoms with E-state index < -0.39 is 6.09 Å². The molecule has 3 N–H and O–H groups in total. The molecule has 1 atom stereocenters. The fourth-order valence-electron chi connectivity index (χ4n) is 3.43. The molecule has 0 radical (unpaired) electrons. The number of carboxylic acid groups (broad SMARTS) is 1. The molecule has 3 heterocycles. The Hall–Kier alpha value is -4.27. The van der Waals surface area contributed by atoms with Gasteiger partial charge in [0.15, 0.2) is 5.65 Å². The number of carbonyl (C=O) groups excluding carboxylic acids is 1. The Morgan fingerprint density at radius 3 is 2.69 bits per heavy atom. The molecule has 0 fully saturated rings. The quantitative estimate of drug-likeness (QED) is 0.429. The minimum atomic E-state index is -1.10. The predicted molar refractivity (Wildman–Crippen MR) is 121 cm³/mol. The zero-order valence-corrected chi connectivity index (χ0v) is 17.8. The zero-order chi connectivity index (χ0) is 22.8. The van der Waals surface area contributed by atoms with Crippen LogP contribution in [0.3, 0.4) is 0 Å². The van der Waals surface area contributed by atoms with E-state index in [0.717, 1.165) is 21.3 Å². The Bertz CT molecular complexity index is 1330. The van der Waals surface area contributed by atoms with Crippen LogP contribution in [0, 0.1) is 13.8 Å². The van der Waals surface area contributed by atoms with Crippen molar-refractivity contribution < 1.29 is 14.7 Å². The third kappa shape index (κ3) is 4.27. The number of pyridine rings is 1. The predicted octanol–water partition coefficient (Wildman–Crippen LogP) is 4.39. The number of aryl methyl sites for hydroxylation is 2. The molecule has 0 spiro atoms. The molecule has 0 unspecified atom stereocenters. The molecule has 0 saturated heterocycles. The molecule has 1 aromatic carbocycles. The molecule has 3 aromatic heterocycles. The molecule has 9 nitrogen and oxygen atoms in total. The van der Waals surface area contributed by atoms with E-state index in [2.05, 4.69) is 25.6 Å². The minimum Gasteiger partial charge on any atom is -0.464 e. The molecule has 32 heavy (non-hydrogen) atoms. The second-order valence-corrected chi connectivity index (χ2v) is 7.59. The number of rotatable bonds is 5. The van der Waals surface area contributed by atoms with Gasteiger partial charge in [-0.3, -0.25) is 9.78 Å². The van der Waals surface area contributed by atoms with E-state index in [-0.39, 0.29) is 11.9 Å². The highest BCUT2D eigenvalue weighted by atomic mass is 16.4. The number of fused-ring (bicyclic) bond motifs is 1. The van der Waals surface area contributed by atoms with Gasteiger partial charge in [-0.05, 0) is 55.7 Å². The number of carbonyl (C=O) groups is 2. The van der Waals surface area contributed by atoms with Crippen molar-refractivity contribution in [3.05, 3.63) is 77.4 Å². The van der Waals surface area contributed by atoms with Gasteiger partial charge in [0.2, 0.25) is 0 Å². The second kappa shape index (κ2) is 8.46. The van der Waals surface area contributed by atoms with E-state index in [1.54, 1.807) is 19.2 Å². The highest BCUT2D eigenvalue weighted by Gasteiger charge is 2.15. The van der Waals surface area contributed by atoms with Crippen LogP contribution in [0.4, 0.5) is 16.3 Å². The normalized spacial score (nSPS) is 11.8. The van der Waals surface area contributed by atoms with Gasteiger partial charge in [-0.25, -0.2) is 19.3 Å². The van der Waals surface area contributed by atoms with Crippen LogP contribution in [0.1, 0.15) is 40.0 Å². The lowest BCUT2D eigenvalue weighted by molar-refractivity contribution is 0.102. The van der Waals surface area contributed by atoms with Crippen LogP contribution in [0.25, 0.3) is 11.2 Å². The van der Waals surface area contributed by atoms with E-state index in [0.29, 0.717) is 28.2 Å². The van der Waals surface area contributed by atoms with Gasteiger partial charge in [-0.15, -0.1) is 0 Å². The molecule has 9 heteroatoms. The van der Waals surface area contributed by atoms with Crippen LogP contribution in [0.2, 0.25) is 0 Å². The minimum absolute atomic E-state index is 0.138. The molecule has 0 aliphatic heterocycles. The SMILES string of the molecule is Cc1cncc(C(=O)Nc2cccc([C@H](C)Nc3cnc4c(n3)c(C)cn4C(=O)O)c2)c1. The number of hydrogen-bond acceptors (Lipinski definition) is 6. The van der Waals surface area contributed by atoms with E-state index in [4.69, 9.17) is 0 Å². The summed E-state index contributed by atoms with van der Waals surface area (Å²) in [5.41, 5.74) is 4.55. The molecule has 0 aliphatic carbocycles. The fraction of sp³-hybridized carbons (Fsp3) is 0.174. The van der Waals surface area contributed by atoms with Crippen molar-refractivity contribution in [2.24, 2.45) is 0 Å².